The van der Waals surface area contributed by atoms with Crippen LogP contribution in [0.5, 0.6) is 0 Å². The predicted molar refractivity (Wildman–Crippen MR) is 80.4 cm³/mol. The molecule has 0 aliphatic carbocycles. The van der Waals surface area contributed by atoms with Crippen LogP contribution in [0.25, 0.3) is 0 Å². The highest BCUT2D eigenvalue weighted by molar-refractivity contribution is 7.09. The standard InChI is InChI=1S/C14H21N3O3S/c1-8-4-5-9(2)17(8)10(3)13(18)15-6-12-16-11(7-21-12)14(19)20/h7-10H,4-6H2,1-3H3,(H,15,18)(H,19,20). The van der Waals surface area contributed by atoms with Gasteiger partial charge >= 0.3 is 5.97 Å². The average molecular weight is 311 g/mol. The number of aromatic nitrogens is 1. The molecule has 0 spiro atoms. The smallest absolute Gasteiger partial charge is 0.355 e. The van der Waals surface area contributed by atoms with Crippen molar-refractivity contribution in [2.75, 3.05) is 0 Å². The number of likely N-dealkylation sites (tertiary alicyclic amines) is 1. The zero-order valence-electron chi connectivity index (χ0n) is 12.5. The second-order valence-electron chi connectivity index (χ2n) is 5.55. The molecule has 1 aromatic rings. The van der Waals surface area contributed by atoms with E-state index in [-0.39, 0.29) is 24.2 Å². The molecule has 1 aliphatic heterocycles. The van der Waals surface area contributed by atoms with Crippen LogP contribution in [0.2, 0.25) is 0 Å². The van der Waals surface area contributed by atoms with Crippen molar-refractivity contribution in [1.82, 2.24) is 15.2 Å². The van der Waals surface area contributed by atoms with Gasteiger partial charge in [0, 0.05) is 17.5 Å². The van der Waals surface area contributed by atoms with E-state index in [1.807, 2.05) is 6.92 Å². The maximum atomic E-state index is 12.2. The van der Waals surface area contributed by atoms with Gasteiger partial charge in [-0.25, -0.2) is 9.78 Å². The Morgan fingerprint density at radius 1 is 1.48 bits per heavy atom. The second kappa shape index (κ2) is 6.53. The monoisotopic (exact) mass is 311 g/mol. The maximum Gasteiger partial charge on any atom is 0.355 e. The van der Waals surface area contributed by atoms with Crippen LogP contribution in [0.4, 0.5) is 0 Å². The number of rotatable bonds is 5. The highest BCUT2D eigenvalue weighted by Gasteiger charge is 2.34. The van der Waals surface area contributed by atoms with Gasteiger partial charge in [0.05, 0.1) is 12.6 Å². The molecule has 1 aliphatic rings. The fraction of sp³-hybridized carbons (Fsp3) is 0.643. The number of amides is 1. The third-order valence-corrected chi connectivity index (χ3v) is 4.88. The van der Waals surface area contributed by atoms with Crippen molar-refractivity contribution in [2.24, 2.45) is 0 Å². The van der Waals surface area contributed by atoms with Crippen LogP contribution in [0, 0.1) is 0 Å². The highest BCUT2D eigenvalue weighted by Crippen LogP contribution is 2.25. The SMILES string of the molecule is CC1CCC(C)N1C(C)C(=O)NCc1nc(C(=O)O)cs1. The second-order valence-corrected chi connectivity index (χ2v) is 6.49. The summed E-state index contributed by atoms with van der Waals surface area (Å²) in [5.41, 5.74) is 0.0269. The van der Waals surface area contributed by atoms with Gasteiger partial charge in [-0.3, -0.25) is 9.69 Å². The summed E-state index contributed by atoms with van der Waals surface area (Å²) >= 11 is 1.24. The number of hydrogen-bond acceptors (Lipinski definition) is 5. The van der Waals surface area contributed by atoms with E-state index in [2.05, 4.69) is 29.0 Å². The molecule has 3 unspecified atom stereocenters. The minimum Gasteiger partial charge on any atom is -0.476 e. The van der Waals surface area contributed by atoms with Crippen molar-refractivity contribution < 1.29 is 14.7 Å². The molecule has 0 saturated carbocycles. The van der Waals surface area contributed by atoms with E-state index < -0.39 is 5.97 Å². The molecule has 0 bridgehead atoms. The van der Waals surface area contributed by atoms with Crippen LogP contribution >= 0.6 is 11.3 Å². The van der Waals surface area contributed by atoms with Gasteiger partial charge in [0.1, 0.15) is 5.01 Å². The van der Waals surface area contributed by atoms with Crippen molar-refractivity contribution in [2.45, 2.75) is 58.3 Å². The summed E-state index contributed by atoms with van der Waals surface area (Å²) in [6, 6.07) is 0.648. The fourth-order valence-electron chi connectivity index (χ4n) is 2.91. The Morgan fingerprint density at radius 2 is 2.10 bits per heavy atom. The van der Waals surface area contributed by atoms with Crippen molar-refractivity contribution in [3.63, 3.8) is 0 Å². The first kappa shape index (κ1) is 15.9. The molecule has 1 fully saturated rings. The Bertz CT molecular complexity index is 521. The normalized spacial score (nSPS) is 24.0. The molecular weight excluding hydrogens is 290 g/mol. The summed E-state index contributed by atoms with van der Waals surface area (Å²) < 4.78 is 0. The number of nitrogens with one attached hydrogen (secondary N) is 1. The van der Waals surface area contributed by atoms with Gasteiger partial charge in [-0.15, -0.1) is 11.3 Å². The zero-order chi connectivity index (χ0) is 15.6. The van der Waals surface area contributed by atoms with Crippen molar-refractivity contribution in [3.05, 3.63) is 16.1 Å². The quantitative estimate of drug-likeness (QED) is 0.865. The average Bonchev–Trinajstić information content (AvgIpc) is 3.03. The van der Waals surface area contributed by atoms with E-state index in [9.17, 15) is 9.59 Å². The van der Waals surface area contributed by atoms with Crippen molar-refractivity contribution in [1.29, 1.82) is 0 Å². The van der Waals surface area contributed by atoms with E-state index in [0.717, 1.165) is 12.8 Å². The lowest BCUT2D eigenvalue weighted by atomic mass is 10.2. The minimum atomic E-state index is -1.04. The van der Waals surface area contributed by atoms with E-state index >= 15 is 0 Å². The highest BCUT2D eigenvalue weighted by atomic mass is 32.1. The Hall–Kier alpha value is -1.47. The van der Waals surface area contributed by atoms with Crippen LogP contribution in [-0.4, -0.2) is 45.0 Å². The first-order valence-electron chi connectivity index (χ1n) is 7.13. The summed E-state index contributed by atoms with van der Waals surface area (Å²) in [7, 11) is 0. The molecule has 6 nitrogen and oxygen atoms in total. The van der Waals surface area contributed by atoms with E-state index in [1.165, 1.54) is 16.7 Å². The van der Waals surface area contributed by atoms with E-state index in [0.29, 0.717) is 17.1 Å². The van der Waals surface area contributed by atoms with Crippen molar-refractivity contribution >= 4 is 23.2 Å². The van der Waals surface area contributed by atoms with Gasteiger partial charge in [0.2, 0.25) is 5.91 Å². The van der Waals surface area contributed by atoms with Gasteiger partial charge in [-0.1, -0.05) is 0 Å². The van der Waals surface area contributed by atoms with Gasteiger partial charge in [-0.2, -0.15) is 0 Å². The number of carboxylic acid groups (broad SMARTS) is 1. The predicted octanol–water partition coefficient (Wildman–Crippen LogP) is 1.72. The van der Waals surface area contributed by atoms with E-state index in [1.54, 1.807) is 0 Å². The largest absolute Gasteiger partial charge is 0.476 e. The summed E-state index contributed by atoms with van der Waals surface area (Å²) in [5, 5.41) is 13.8. The zero-order valence-corrected chi connectivity index (χ0v) is 13.3. The minimum absolute atomic E-state index is 0.0269. The van der Waals surface area contributed by atoms with Crippen molar-refractivity contribution in [3.8, 4) is 0 Å². The molecule has 1 aromatic heterocycles. The van der Waals surface area contributed by atoms with Gasteiger partial charge < -0.3 is 10.4 Å². The fourth-order valence-corrected chi connectivity index (χ4v) is 3.62. The Kier molecular flexibility index (Phi) is 4.95. The summed E-state index contributed by atoms with van der Waals surface area (Å²) in [6.45, 7) is 6.48. The van der Waals surface area contributed by atoms with Gasteiger partial charge in [-0.05, 0) is 33.6 Å². The molecule has 0 radical (unpaired) electrons. The third kappa shape index (κ3) is 3.59. The molecule has 0 aromatic carbocycles. The molecule has 1 amide bonds. The maximum absolute atomic E-state index is 12.2. The number of carbonyl (C=O) groups excluding carboxylic acids is 1. The van der Waals surface area contributed by atoms with Crippen LogP contribution in [0.3, 0.4) is 0 Å². The number of hydrogen-bond donors (Lipinski definition) is 2. The van der Waals surface area contributed by atoms with Gasteiger partial charge in [0.15, 0.2) is 5.69 Å². The Labute approximate surface area is 128 Å². The molecule has 2 N–H and O–H groups in total. The van der Waals surface area contributed by atoms with Gasteiger partial charge in [0.25, 0.3) is 0 Å². The summed E-state index contributed by atoms with van der Waals surface area (Å²) in [4.78, 5) is 29.2. The number of carbonyl (C=O) groups is 2. The molecule has 7 heteroatoms. The lowest BCUT2D eigenvalue weighted by Gasteiger charge is -2.31. The third-order valence-electron chi connectivity index (χ3n) is 4.03. The molecule has 2 heterocycles. The number of thiazole rings is 1. The van der Waals surface area contributed by atoms with Crippen LogP contribution in [-0.2, 0) is 11.3 Å². The lowest BCUT2D eigenvalue weighted by Crippen LogP contribution is -2.48. The van der Waals surface area contributed by atoms with Crippen LogP contribution in [0.15, 0.2) is 5.38 Å². The van der Waals surface area contributed by atoms with E-state index in [4.69, 9.17) is 5.11 Å². The summed E-state index contributed by atoms with van der Waals surface area (Å²) in [6.07, 6.45) is 2.24. The first-order chi connectivity index (χ1) is 9.90. The molecular formula is C14H21N3O3S. The van der Waals surface area contributed by atoms with Crippen LogP contribution < -0.4 is 5.32 Å². The molecule has 21 heavy (non-hydrogen) atoms. The molecule has 2 rings (SSSR count). The first-order valence-corrected chi connectivity index (χ1v) is 8.01. The number of aromatic carboxylic acids is 1. The molecule has 3 atom stereocenters. The Morgan fingerprint density at radius 3 is 2.62 bits per heavy atom. The molecule has 116 valence electrons. The lowest BCUT2D eigenvalue weighted by molar-refractivity contribution is -0.127. The number of carboxylic acids is 1. The Balaban J connectivity index is 1.90. The topological polar surface area (TPSA) is 82.5 Å². The summed E-state index contributed by atoms with van der Waals surface area (Å²) in [5.74, 6) is -1.08. The van der Waals surface area contributed by atoms with Crippen LogP contribution in [0.1, 0.15) is 49.1 Å². The number of nitrogens with zero attached hydrogens (tertiary/aromatic N) is 2. The molecule has 1 saturated heterocycles.